The van der Waals surface area contributed by atoms with Gasteiger partial charge in [-0.15, -0.1) is 0 Å². The van der Waals surface area contributed by atoms with E-state index in [-0.39, 0.29) is 24.3 Å². The van der Waals surface area contributed by atoms with E-state index in [9.17, 15) is 9.59 Å². The van der Waals surface area contributed by atoms with Gasteiger partial charge >= 0.3 is 0 Å². The number of nitrogens with two attached hydrogens (primary N) is 1. The molecule has 0 spiro atoms. The van der Waals surface area contributed by atoms with Crippen molar-refractivity contribution in [3.63, 3.8) is 0 Å². The summed E-state index contributed by atoms with van der Waals surface area (Å²) < 4.78 is 1.88. The third kappa shape index (κ3) is 4.38. The van der Waals surface area contributed by atoms with Crippen LogP contribution in [-0.2, 0) is 22.6 Å². The van der Waals surface area contributed by atoms with E-state index < -0.39 is 0 Å². The number of amides is 2. The van der Waals surface area contributed by atoms with E-state index in [2.05, 4.69) is 10.3 Å². The fraction of sp³-hybridized carbons (Fsp3) is 0.526. The SMILES string of the molecule is NC(=O)Cn1c(CCCNC(=O)C2CCCCC2)nc2ccccc21. The van der Waals surface area contributed by atoms with Crippen molar-refractivity contribution in [2.45, 2.75) is 51.5 Å². The van der Waals surface area contributed by atoms with Crippen LogP contribution in [0.5, 0.6) is 0 Å². The second-order valence-corrected chi connectivity index (χ2v) is 6.80. The third-order valence-electron chi connectivity index (χ3n) is 4.90. The van der Waals surface area contributed by atoms with Crippen molar-refractivity contribution in [1.29, 1.82) is 0 Å². The number of fused-ring (bicyclic) bond motifs is 1. The maximum atomic E-state index is 12.2. The van der Waals surface area contributed by atoms with Gasteiger partial charge in [0.1, 0.15) is 12.4 Å². The monoisotopic (exact) mass is 342 g/mol. The molecule has 1 aliphatic carbocycles. The van der Waals surface area contributed by atoms with Gasteiger partial charge in [-0.05, 0) is 31.4 Å². The van der Waals surface area contributed by atoms with Gasteiger partial charge in [0.05, 0.1) is 11.0 Å². The smallest absolute Gasteiger partial charge is 0.237 e. The van der Waals surface area contributed by atoms with Gasteiger partial charge in [-0.1, -0.05) is 31.4 Å². The number of imidazole rings is 1. The predicted octanol–water partition coefficient (Wildman–Crippen LogP) is 2.15. The molecular formula is C19H26N4O2. The number of carbonyl (C=O) groups excluding carboxylic acids is 2. The highest BCUT2D eigenvalue weighted by atomic mass is 16.2. The van der Waals surface area contributed by atoms with Crippen molar-refractivity contribution >= 4 is 22.8 Å². The number of primary amides is 1. The van der Waals surface area contributed by atoms with Crippen molar-refractivity contribution in [1.82, 2.24) is 14.9 Å². The summed E-state index contributed by atoms with van der Waals surface area (Å²) in [4.78, 5) is 28.2. The highest BCUT2D eigenvalue weighted by Gasteiger charge is 2.20. The molecule has 0 atom stereocenters. The van der Waals surface area contributed by atoms with E-state index >= 15 is 0 Å². The van der Waals surface area contributed by atoms with Crippen molar-refractivity contribution in [3.8, 4) is 0 Å². The number of hydrogen-bond acceptors (Lipinski definition) is 3. The molecule has 0 saturated heterocycles. The number of benzene rings is 1. The standard InChI is InChI=1S/C19H26N4O2/c20-17(24)13-23-16-10-5-4-9-15(16)22-18(23)11-6-12-21-19(25)14-7-2-1-3-8-14/h4-5,9-10,14H,1-3,6-8,11-13H2,(H2,20,24)(H,21,25). The van der Waals surface area contributed by atoms with Crippen molar-refractivity contribution in [2.75, 3.05) is 6.54 Å². The normalized spacial score (nSPS) is 15.4. The van der Waals surface area contributed by atoms with E-state index in [1.54, 1.807) is 0 Å². The number of aryl methyl sites for hydroxylation is 1. The van der Waals surface area contributed by atoms with Crippen LogP contribution < -0.4 is 11.1 Å². The Morgan fingerprint density at radius 2 is 1.96 bits per heavy atom. The first kappa shape index (κ1) is 17.5. The zero-order valence-corrected chi connectivity index (χ0v) is 14.5. The minimum atomic E-state index is -0.380. The predicted molar refractivity (Wildman–Crippen MR) is 96.8 cm³/mol. The summed E-state index contributed by atoms with van der Waals surface area (Å²) in [6, 6.07) is 7.73. The van der Waals surface area contributed by atoms with Gasteiger partial charge in [0.25, 0.3) is 0 Å². The maximum absolute atomic E-state index is 12.2. The van der Waals surface area contributed by atoms with Crippen molar-refractivity contribution in [3.05, 3.63) is 30.1 Å². The molecule has 3 rings (SSSR count). The largest absolute Gasteiger partial charge is 0.368 e. The van der Waals surface area contributed by atoms with Crippen LogP contribution in [0.4, 0.5) is 0 Å². The summed E-state index contributed by atoms with van der Waals surface area (Å²) in [5.74, 6) is 0.834. The van der Waals surface area contributed by atoms with Gasteiger partial charge in [-0.25, -0.2) is 4.98 Å². The van der Waals surface area contributed by atoms with E-state index in [1.165, 1.54) is 6.42 Å². The zero-order valence-electron chi connectivity index (χ0n) is 14.5. The fourth-order valence-corrected chi connectivity index (χ4v) is 3.62. The first-order chi connectivity index (χ1) is 12.1. The van der Waals surface area contributed by atoms with Crippen LogP contribution in [0.1, 0.15) is 44.3 Å². The molecular weight excluding hydrogens is 316 g/mol. The van der Waals surface area contributed by atoms with Crippen LogP contribution in [0.25, 0.3) is 11.0 Å². The molecule has 1 heterocycles. The summed E-state index contributed by atoms with van der Waals surface area (Å²) in [5.41, 5.74) is 7.16. The minimum absolute atomic E-state index is 0.129. The average molecular weight is 342 g/mol. The Hall–Kier alpha value is -2.37. The van der Waals surface area contributed by atoms with Gasteiger partial charge in [0.2, 0.25) is 11.8 Å². The topological polar surface area (TPSA) is 90.0 Å². The van der Waals surface area contributed by atoms with E-state index in [0.717, 1.165) is 49.0 Å². The van der Waals surface area contributed by atoms with Gasteiger partial charge in [0, 0.05) is 18.9 Å². The molecule has 1 saturated carbocycles. The van der Waals surface area contributed by atoms with Crippen LogP contribution in [0.15, 0.2) is 24.3 Å². The summed E-state index contributed by atoms with van der Waals surface area (Å²) in [6.45, 7) is 0.763. The number of nitrogens with one attached hydrogen (secondary N) is 1. The van der Waals surface area contributed by atoms with Crippen LogP contribution in [-0.4, -0.2) is 27.9 Å². The molecule has 25 heavy (non-hydrogen) atoms. The molecule has 6 heteroatoms. The number of rotatable bonds is 7. The van der Waals surface area contributed by atoms with Crippen LogP contribution in [0, 0.1) is 5.92 Å². The molecule has 0 aliphatic heterocycles. The van der Waals surface area contributed by atoms with E-state index in [0.29, 0.717) is 13.0 Å². The minimum Gasteiger partial charge on any atom is -0.368 e. The highest BCUT2D eigenvalue weighted by Crippen LogP contribution is 2.23. The maximum Gasteiger partial charge on any atom is 0.237 e. The van der Waals surface area contributed by atoms with Gasteiger partial charge in [-0.2, -0.15) is 0 Å². The van der Waals surface area contributed by atoms with Crippen molar-refractivity contribution in [2.24, 2.45) is 11.7 Å². The van der Waals surface area contributed by atoms with Gasteiger partial charge < -0.3 is 15.6 Å². The third-order valence-corrected chi connectivity index (χ3v) is 4.90. The lowest BCUT2D eigenvalue weighted by Crippen LogP contribution is -2.32. The Kier molecular flexibility index (Phi) is 5.68. The zero-order chi connectivity index (χ0) is 17.6. The molecule has 0 bridgehead atoms. The lowest BCUT2D eigenvalue weighted by molar-refractivity contribution is -0.125. The van der Waals surface area contributed by atoms with E-state index in [4.69, 9.17) is 5.73 Å². The van der Waals surface area contributed by atoms with Gasteiger partial charge in [0.15, 0.2) is 0 Å². The molecule has 1 aromatic carbocycles. The Bertz CT molecular complexity index is 747. The molecule has 6 nitrogen and oxygen atoms in total. The van der Waals surface area contributed by atoms with Gasteiger partial charge in [-0.3, -0.25) is 9.59 Å². The quantitative estimate of drug-likeness (QED) is 0.756. The fourth-order valence-electron chi connectivity index (χ4n) is 3.62. The molecule has 134 valence electrons. The number of hydrogen-bond donors (Lipinski definition) is 2. The molecule has 1 aliphatic rings. The number of para-hydroxylation sites is 2. The first-order valence-corrected chi connectivity index (χ1v) is 9.15. The number of carbonyl (C=O) groups is 2. The van der Waals surface area contributed by atoms with Crippen LogP contribution in [0.3, 0.4) is 0 Å². The Morgan fingerprint density at radius 1 is 1.20 bits per heavy atom. The second kappa shape index (κ2) is 8.14. The molecule has 1 aromatic heterocycles. The lowest BCUT2D eigenvalue weighted by Gasteiger charge is -2.20. The van der Waals surface area contributed by atoms with Crippen molar-refractivity contribution < 1.29 is 9.59 Å². The molecule has 3 N–H and O–H groups in total. The molecule has 0 radical (unpaired) electrons. The van der Waals surface area contributed by atoms with Crippen LogP contribution in [0.2, 0.25) is 0 Å². The molecule has 0 unspecified atom stereocenters. The van der Waals surface area contributed by atoms with Crippen LogP contribution >= 0.6 is 0 Å². The Balaban J connectivity index is 1.57. The first-order valence-electron chi connectivity index (χ1n) is 9.15. The lowest BCUT2D eigenvalue weighted by atomic mass is 9.89. The Morgan fingerprint density at radius 3 is 2.72 bits per heavy atom. The summed E-state index contributed by atoms with van der Waals surface area (Å²) in [7, 11) is 0. The van der Waals surface area contributed by atoms with E-state index in [1.807, 2.05) is 28.8 Å². The number of aromatic nitrogens is 2. The number of nitrogens with zero attached hydrogens (tertiary/aromatic N) is 2. The highest BCUT2D eigenvalue weighted by molar-refractivity contribution is 5.80. The Labute approximate surface area is 147 Å². The summed E-state index contributed by atoms with van der Waals surface area (Å²) >= 11 is 0. The molecule has 2 amide bonds. The molecule has 2 aromatic rings. The summed E-state index contributed by atoms with van der Waals surface area (Å²) in [6.07, 6.45) is 7.10. The molecule has 1 fully saturated rings. The second-order valence-electron chi connectivity index (χ2n) is 6.80. The average Bonchev–Trinajstić information content (AvgIpc) is 2.96. The summed E-state index contributed by atoms with van der Waals surface area (Å²) in [5, 5.41) is 3.05.